The highest BCUT2D eigenvalue weighted by molar-refractivity contribution is 6.11. The Labute approximate surface area is 196 Å². The molecule has 1 atom stereocenters. The van der Waals surface area contributed by atoms with Gasteiger partial charge in [0, 0.05) is 30.9 Å². The van der Waals surface area contributed by atoms with Crippen molar-refractivity contribution in [2.45, 2.75) is 39.5 Å². The van der Waals surface area contributed by atoms with Crippen molar-refractivity contribution < 1.29 is 14.3 Å². The van der Waals surface area contributed by atoms with Crippen LogP contribution in [0.15, 0.2) is 65.7 Å². The van der Waals surface area contributed by atoms with Gasteiger partial charge in [-0.05, 0) is 79.6 Å². The van der Waals surface area contributed by atoms with Gasteiger partial charge in [0.05, 0.1) is 12.3 Å². The minimum atomic E-state index is -0.464. The monoisotopic (exact) mass is 447 g/mol. The number of aliphatic imine (C=N–C) groups is 1. The molecule has 2 N–H and O–H groups in total. The van der Waals surface area contributed by atoms with Crippen LogP contribution in [-0.2, 0) is 16.0 Å². The van der Waals surface area contributed by atoms with Crippen molar-refractivity contribution in [3.63, 3.8) is 0 Å². The van der Waals surface area contributed by atoms with E-state index in [9.17, 15) is 9.59 Å². The summed E-state index contributed by atoms with van der Waals surface area (Å²) in [6.07, 6.45) is 6.15. The summed E-state index contributed by atoms with van der Waals surface area (Å²) in [6, 6.07) is 15.9. The van der Waals surface area contributed by atoms with Gasteiger partial charge in [0.1, 0.15) is 0 Å². The Bertz CT molecular complexity index is 996. The van der Waals surface area contributed by atoms with Gasteiger partial charge in [0.15, 0.2) is 5.78 Å². The lowest BCUT2D eigenvalue weighted by Gasteiger charge is -2.15. The Kier molecular flexibility index (Phi) is 9.24. The number of anilines is 2. The highest BCUT2D eigenvalue weighted by Gasteiger charge is 2.16. The van der Waals surface area contributed by atoms with E-state index in [0.29, 0.717) is 25.3 Å². The summed E-state index contributed by atoms with van der Waals surface area (Å²) in [5, 5.41) is 6.11. The standard InChI is InChI=1S/C27H33N3O3/c1-3-15-28-23-10-8-22(9-11-23)26-13-12-25(31)19-21(14-16-29-26)17-20-6-5-7-24(18-20)30-27(32)33-4-2/h5-13,18,21,28H,3-4,14-17,19H2,1-2H3,(H,30,32)/b13-12-,29-26?. The first-order valence-corrected chi connectivity index (χ1v) is 11.7. The molecular formula is C27H33N3O3. The molecule has 0 saturated heterocycles. The van der Waals surface area contributed by atoms with Crippen LogP contribution in [0, 0.1) is 5.92 Å². The molecule has 1 amide bonds. The number of carbonyl (C=O) groups excluding carboxylic acids is 2. The van der Waals surface area contributed by atoms with E-state index in [1.54, 1.807) is 13.0 Å². The van der Waals surface area contributed by atoms with E-state index >= 15 is 0 Å². The van der Waals surface area contributed by atoms with Crippen LogP contribution in [0.2, 0.25) is 0 Å². The number of ether oxygens (including phenoxy) is 1. The smallest absolute Gasteiger partial charge is 0.411 e. The topological polar surface area (TPSA) is 79.8 Å². The molecule has 1 unspecified atom stereocenters. The van der Waals surface area contributed by atoms with Crippen molar-refractivity contribution in [3.8, 4) is 0 Å². The summed E-state index contributed by atoms with van der Waals surface area (Å²) in [5.41, 5.74) is 4.70. The molecule has 2 aromatic carbocycles. The molecule has 33 heavy (non-hydrogen) atoms. The number of carbonyl (C=O) groups is 2. The average Bonchev–Trinajstić information content (AvgIpc) is 2.89. The van der Waals surface area contributed by atoms with Crippen LogP contribution in [0.3, 0.4) is 0 Å². The minimum absolute atomic E-state index is 0.108. The van der Waals surface area contributed by atoms with Crippen molar-refractivity contribution in [2.75, 3.05) is 30.3 Å². The molecule has 2 aromatic rings. The molecule has 0 fully saturated rings. The summed E-state index contributed by atoms with van der Waals surface area (Å²) in [4.78, 5) is 29.1. The van der Waals surface area contributed by atoms with Gasteiger partial charge in [-0.1, -0.05) is 31.2 Å². The second-order valence-electron chi connectivity index (χ2n) is 8.18. The summed E-state index contributed by atoms with van der Waals surface area (Å²) >= 11 is 0. The molecule has 1 heterocycles. The lowest BCUT2D eigenvalue weighted by Crippen LogP contribution is -2.14. The first kappa shape index (κ1) is 24.2. The van der Waals surface area contributed by atoms with Gasteiger partial charge in [0.2, 0.25) is 0 Å². The normalized spacial score (nSPS) is 17.2. The molecule has 6 heteroatoms. The number of ketones is 1. The maximum absolute atomic E-state index is 12.6. The number of amides is 1. The number of allylic oxidation sites excluding steroid dienone is 2. The van der Waals surface area contributed by atoms with Gasteiger partial charge in [-0.2, -0.15) is 0 Å². The van der Waals surface area contributed by atoms with Gasteiger partial charge < -0.3 is 10.1 Å². The number of nitrogens with one attached hydrogen (secondary N) is 2. The van der Waals surface area contributed by atoms with Crippen molar-refractivity contribution in [2.24, 2.45) is 10.9 Å². The average molecular weight is 448 g/mol. The lowest BCUT2D eigenvalue weighted by atomic mass is 9.91. The molecule has 0 aliphatic carbocycles. The van der Waals surface area contributed by atoms with Gasteiger partial charge in [-0.15, -0.1) is 0 Å². The molecule has 0 spiro atoms. The van der Waals surface area contributed by atoms with E-state index in [1.807, 2.05) is 42.5 Å². The molecule has 0 aromatic heterocycles. The fraction of sp³-hybridized carbons (Fsp3) is 0.370. The van der Waals surface area contributed by atoms with Crippen molar-refractivity contribution >= 4 is 29.0 Å². The van der Waals surface area contributed by atoms with E-state index in [1.165, 1.54) is 0 Å². The molecule has 0 bridgehead atoms. The fourth-order valence-corrected chi connectivity index (χ4v) is 3.83. The highest BCUT2D eigenvalue weighted by Crippen LogP contribution is 2.21. The van der Waals surface area contributed by atoms with Gasteiger partial charge in [0.25, 0.3) is 0 Å². The summed E-state index contributed by atoms with van der Waals surface area (Å²) in [7, 11) is 0. The highest BCUT2D eigenvalue weighted by atomic mass is 16.5. The Hall–Kier alpha value is -3.41. The Morgan fingerprint density at radius 1 is 1.09 bits per heavy atom. The molecule has 1 aliphatic rings. The molecule has 174 valence electrons. The first-order chi connectivity index (χ1) is 16.1. The third kappa shape index (κ3) is 7.90. The number of hydrogen-bond donors (Lipinski definition) is 2. The zero-order valence-corrected chi connectivity index (χ0v) is 19.5. The van der Waals surface area contributed by atoms with Crippen LogP contribution < -0.4 is 10.6 Å². The van der Waals surface area contributed by atoms with Crippen molar-refractivity contribution in [3.05, 3.63) is 71.8 Å². The van der Waals surface area contributed by atoms with Gasteiger partial charge >= 0.3 is 6.09 Å². The zero-order chi connectivity index (χ0) is 23.5. The maximum Gasteiger partial charge on any atom is 0.411 e. The quantitative estimate of drug-likeness (QED) is 0.548. The molecule has 0 saturated carbocycles. The Balaban J connectivity index is 1.65. The predicted molar refractivity (Wildman–Crippen MR) is 134 cm³/mol. The fourth-order valence-electron chi connectivity index (χ4n) is 3.83. The number of nitrogens with zero attached hydrogens (tertiary/aromatic N) is 1. The second-order valence-corrected chi connectivity index (χ2v) is 8.18. The molecular weight excluding hydrogens is 414 g/mol. The zero-order valence-electron chi connectivity index (χ0n) is 19.5. The van der Waals surface area contributed by atoms with Crippen LogP contribution in [0.25, 0.3) is 0 Å². The number of benzene rings is 2. The summed E-state index contributed by atoms with van der Waals surface area (Å²) in [6.45, 7) is 5.84. The molecule has 0 radical (unpaired) electrons. The molecule has 1 aliphatic heterocycles. The Morgan fingerprint density at radius 2 is 1.91 bits per heavy atom. The molecule has 6 nitrogen and oxygen atoms in total. The largest absolute Gasteiger partial charge is 0.450 e. The van der Waals surface area contributed by atoms with Crippen LogP contribution in [0.4, 0.5) is 16.2 Å². The molecule has 3 rings (SSSR count). The minimum Gasteiger partial charge on any atom is -0.450 e. The predicted octanol–water partition coefficient (Wildman–Crippen LogP) is 5.64. The van der Waals surface area contributed by atoms with Crippen LogP contribution in [0.1, 0.15) is 44.2 Å². The van der Waals surface area contributed by atoms with Crippen LogP contribution >= 0.6 is 0 Å². The Morgan fingerprint density at radius 3 is 2.67 bits per heavy atom. The van der Waals surface area contributed by atoms with Crippen LogP contribution in [0.5, 0.6) is 0 Å². The van der Waals surface area contributed by atoms with E-state index in [0.717, 1.165) is 48.3 Å². The lowest BCUT2D eigenvalue weighted by molar-refractivity contribution is -0.115. The third-order valence-corrected chi connectivity index (χ3v) is 5.47. The van der Waals surface area contributed by atoms with Crippen molar-refractivity contribution in [1.29, 1.82) is 0 Å². The van der Waals surface area contributed by atoms with E-state index < -0.39 is 6.09 Å². The number of hydrogen-bond acceptors (Lipinski definition) is 5. The summed E-state index contributed by atoms with van der Waals surface area (Å²) in [5.74, 6) is 0.292. The van der Waals surface area contributed by atoms with Gasteiger partial charge in [-0.25, -0.2) is 4.79 Å². The third-order valence-electron chi connectivity index (χ3n) is 5.47. The second kappa shape index (κ2) is 12.6. The van der Waals surface area contributed by atoms with E-state index in [-0.39, 0.29) is 11.7 Å². The van der Waals surface area contributed by atoms with Gasteiger partial charge in [-0.3, -0.25) is 15.1 Å². The number of rotatable bonds is 8. The van der Waals surface area contributed by atoms with E-state index in [4.69, 9.17) is 9.73 Å². The van der Waals surface area contributed by atoms with Crippen LogP contribution in [-0.4, -0.2) is 37.3 Å². The maximum atomic E-state index is 12.6. The first-order valence-electron chi connectivity index (χ1n) is 11.7. The van der Waals surface area contributed by atoms with Crippen molar-refractivity contribution in [1.82, 2.24) is 0 Å². The van der Waals surface area contributed by atoms with E-state index in [2.05, 4.69) is 29.7 Å². The SMILES string of the molecule is CCCNc1ccc(C2=NCCC(Cc3cccc(NC(=O)OCC)c3)CC(=O)/C=C\2)cc1. The summed E-state index contributed by atoms with van der Waals surface area (Å²) < 4.78 is 4.94.